The molecule has 0 saturated heterocycles. The Hall–Kier alpha value is -3.43. The first kappa shape index (κ1) is 28.6. The van der Waals surface area contributed by atoms with Crippen LogP contribution in [-0.2, 0) is 21.2 Å². The minimum Gasteiger partial charge on any atom is -0.316 e. The number of benzene rings is 3. The molecule has 7 nitrogen and oxygen atoms in total. The quantitative estimate of drug-likeness (QED) is 0.190. The number of hydrogen-bond donors (Lipinski definition) is 1. The molecule has 1 amide bonds. The number of aromatic nitrogens is 1. The molecule has 0 bridgehead atoms. The van der Waals surface area contributed by atoms with Gasteiger partial charge in [0.05, 0.1) is 33.4 Å². The monoisotopic (exact) mass is 582 g/mol. The number of hydrogen-bond acceptors (Lipinski definition) is 4. The molecule has 0 aliphatic heterocycles. The molecule has 39 heavy (non-hydrogen) atoms. The number of sulfonamides is 1. The van der Waals surface area contributed by atoms with Gasteiger partial charge in [-0.2, -0.15) is 9.41 Å². The van der Waals surface area contributed by atoms with Crippen molar-refractivity contribution in [3.8, 4) is 5.69 Å². The van der Waals surface area contributed by atoms with Crippen LogP contribution in [0.4, 0.5) is 0 Å². The summed E-state index contributed by atoms with van der Waals surface area (Å²) in [5, 5.41) is 4.99. The van der Waals surface area contributed by atoms with E-state index in [1.165, 1.54) is 22.7 Å². The fourth-order valence-corrected chi connectivity index (χ4v) is 6.05. The molecule has 202 valence electrons. The number of nitrogens with one attached hydrogen (secondary N) is 1. The lowest BCUT2D eigenvalue weighted by Gasteiger charge is -2.21. The van der Waals surface area contributed by atoms with Gasteiger partial charge in [0, 0.05) is 23.5 Å². The molecule has 0 aliphatic rings. The molecule has 0 atom stereocenters. The zero-order valence-electron chi connectivity index (χ0n) is 21.5. The third-order valence-electron chi connectivity index (χ3n) is 6.23. The van der Waals surface area contributed by atoms with Crippen LogP contribution in [0.15, 0.2) is 94.9 Å². The number of carbonyl (C=O) groups is 1. The number of halogens is 2. The van der Waals surface area contributed by atoms with Crippen LogP contribution in [0.5, 0.6) is 0 Å². The maximum Gasteiger partial charge on any atom is 0.255 e. The molecule has 0 aliphatic carbocycles. The Morgan fingerprint density at radius 1 is 0.974 bits per heavy atom. The van der Waals surface area contributed by atoms with Crippen LogP contribution in [0.3, 0.4) is 0 Å². The highest BCUT2D eigenvalue weighted by atomic mass is 35.5. The lowest BCUT2D eigenvalue weighted by Crippen LogP contribution is -2.40. The summed E-state index contributed by atoms with van der Waals surface area (Å²) in [5.41, 5.74) is 6.70. The maximum atomic E-state index is 13.3. The van der Waals surface area contributed by atoms with E-state index in [2.05, 4.69) is 10.5 Å². The van der Waals surface area contributed by atoms with Crippen LogP contribution in [-0.4, -0.2) is 42.5 Å². The van der Waals surface area contributed by atoms with Gasteiger partial charge in [-0.1, -0.05) is 77.8 Å². The number of nitrogens with zero attached hydrogens (tertiary/aromatic N) is 3. The minimum atomic E-state index is -3.90. The molecule has 0 radical (unpaired) electrons. The van der Waals surface area contributed by atoms with Crippen molar-refractivity contribution < 1.29 is 13.2 Å². The second-order valence-corrected chi connectivity index (χ2v) is 11.6. The van der Waals surface area contributed by atoms with Crippen LogP contribution < -0.4 is 5.43 Å². The summed E-state index contributed by atoms with van der Waals surface area (Å²) >= 11 is 12.6. The fourth-order valence-electron chi connectivity index (χ4n) is 4.25. The summed E-state index contributed by atoms with van der Waals surface area (Å²) in [7, 11) is -3.90. The van der Waals surface area contributed by atoms with Crippen molar-refractivity contribution in [2.75, 3.05) is 13.1 Å². The van der Waals surface area contributed by atoms with Gasteiger partial charge in [0.25, 0.3) is 5.91 Å². The molecule has 4 rings (SSSR count). The van der Waals surface area contributed by atoms with E-state index in [9.17, 15) is 13.2 Å². The van der Waals surface area contributed by atoms with Crippen molar-refractivity contribution in [3.63, 3.8) is 0 Å². The van der Waals surface area contributed by atoms with Gasteiger partial charge >= 0.3 is 0 Å². The molecular weight excluding hydrogens is 555 g/mol. The summed E-state index contributed by atoms with van der Waals surface area (Å²) in [6.07, 6.45) is 1.98. The highest BCUT2D eigenvalue weighted by Crippen LogP contribution is 2.31. The van der Waals surface area contributed by atoms with Gasteiger partial charge in [-0.3, -0.25) is 4.79 Å². The zero-order valence-corrected chi connectivity index (χ0v) is 23.8. The highest BCUT2D eigenvalue weighted by Gasteiger charge is 2.26. The Bertz CT molecular complexity index is 1590. The molecule has 1 aromatic heterocycles. The van der Waals surface area contributed by atoms with Crippen molar-refractivity contribution in [2.45, 2.75) is 25.2 Å². The molecule has 1 N–H and O–H groups in total. The number of carbonyl (C=O) groups excluding carboxylic acids is 1. The lowest BCUT2D eigenvalue weighted by molar-refractivity contribution is -0.121. The van der Waals surface area contributed by atoms with E-state index in [0.29, 0.717) is 16.5 Å². The van der Waals surface area contributed by atoms with Crippen molar-refractivity contribution in [1.82, 2.24) is 14.3 Å². The summed E-state index contributed by atoms with van der Waals surface area (Å²) in [6, 6.07) is 24.9. The van der Waals surface area contributed by atoms with Crippen molar-refractivity contribution in [2.24, 2.45) is 5.10 Å². The average molecular weight is 584 g/mol. The van der Waals surface area contributed by atoms with Crippen molar-refractivity contribution >= 4 is 45.3 Å². The summed E-state index contributed by atoms with van der Waals surface area (Å²) in [5.74, 6) is -0.550. The number of rotatable bonds is 10. The highest BCUT2D eigenvalue weighted by molar-refractivity contribution is 7.89. The Morgan fingerprint density at radius 2 is 1.64 bits per heavy atom. The van der Waals surface area contributed by atoms with Gasteiger partial charge in [0.2, 0.25) is 10.0 Å². The van der Waals surface area contributed by atoms with Crippen LogP contribution in [0.1, 0.15) is 22.5 Å². The molecule has 0 unspecified atom stereocenters. The molecule has 0 saturated carbocycles. The normalized spacial score (nSPS) is 11.8. The van der Waals surface area contributed by atoms with E-state index < -0.39 is 15.9 Å². The zero-order chi connectivity index (χ0) is 28.0. The van der Waals surface area contributed by atoms with Gasteiger partial charge in [-0.05, 0) is 56.2 Å². The van der Waals surface area contributed by atoms with Crippen LogP contribution >= 0.6 is 23.2 Å². The summed E-state index contributed by atoms with van der Waals surface area (Å²) < 4.78 is 29.8. The SMILES string of the molecule is Cc1cc(/C=N\NC(=O)CN(CCc2ccccc2)S(=O)(=O)c2ccccc2)c(C)n1-c1cccc(Cl)c1Cl. The predicted octanol–water partition coefficient (Wildman–Crippen LogP) is 5.78. The van der Waals surface area contributed by atoms with E-state index in [1.54, 1.807) is 24.3 Å². The van der Waals surface area contributed by atoms with Gasteiger partial charge in [-0.25, -0.2) is 13.8 Å². The number of amides is 1. The first-order valence-corrected chi connectivity index (χ1v) is 14.4. The van der Waals surface area contributed by atoms with Crippen molar-refractivity contribution in [3.05, 3.63) is 117 Å². The molecular formula is C29H28Cl2N4O3S. The van der Waals surface area contributed by atoms with E-state index in [1.807, 2.05) is 66.9 Å². The number of hydrazone groups is 1. The average Bonchev–Trinajstić information content (AvgIpc) is 3.21. The van der Waals surface area contributed by atoms with Crippen LogP contribution in [0.2, 0.25) is 10.0 Å². The summed E-state index contributed by atoms with van der Waals surface area (Å²) in [4.78, 5) is 13.0. The van der Waals surface area contributed by atoms with E-state index in [4.69, 9.17) is 23.2 Å². The van der Waals surface area contributed by atoms with E-state index in [-0.39, 0.29) is 18.0 Å². The largest absolute Gasteiger partial charge is 0.316 e. The molecule has 0 spiro atoms. The third kappa shape index (κ3) is 6.78. The fraction of sp³-hybridized carbons (Fsp3) is 0.172. The van der Waals surface area contributed by atoms with E-state index >= 15 is 0 Å². The molecule has 4 aromatic rings. The first-order chi connectivity index (χ1) is 18.7. The Morgan fingerprint density at radius 3 is 2.33 bits per heavy atom. The van der Waals surface area contributed by atoms with Gasteiger partial charge in [-0.15, -0.1) is 0 Å². The van der Waals surface area contributed by atoms with Gasteiger partial charge in [0.15, 0.2) is 0 Å². The van der Waals surface area contributed by atoms with Gasteiger partial charge in [0.1, 0.15) is 0 Å². The maximum absolute atomic E-state index is 13.3. The van der Waals surface area contributed by atoms with Crippen LogP contribution in [0, 0.1) is 13.8 Å². The Kier molecular flexibility index (Phi) is 9.24. The number of aryl methyl sites for hydroxylation is 1. The van der Waals surface area contributed by atoms with Crippen LogP contribution in [0.25, 0.3) is 5.69 Å². The third-order valence-corrected chi connectivity index (χ3v) is 8.90. The minimum absolute atomic E-state index is 0.126. The predicted molar refractivity (Wildman–Crippen MR) is 156 cm³/mol. The van der Waals surface area contributed by atoms with Crippen molar-refractivity contribution in [1.29, 1.82) is 0 Å². The lowest BCUT2D eigenvalue weighted by atomic mass is 10.1. The van der Waals surface area contributed by atoms with Gasteiger partial charge < -0.3 is 4.57 Å². The van der Waals surface area contributed by atoms with E-state index in [0.717, 1.165) is 28.2 Å². The first-order valence-electron chi connectivity index (χ1n) is 12.2. The standard InChI is InChI=1S/C29H28Cl2N4O3S/c1-21-18-24(22(2)35(21)27-15-9-14-26(30)29(27)31)19-32-33-28(36)20-34(17-16-23-10-5-3-6-11-23)39(37,38)25-12-7-4-8-13-25/h3-15,18-19H,16-17,20H2,1-2H3,(H,33,36)/b32-19-. The second-order valence-electron chi connectivity index (χ2n) is 8.92. The Labute approximate surface area is 238 Å². The molecule has 3 aromatic carbocycles. The summed E-state index contributed by atoms with van der Waals surface area (Å²) in [6.45, 7) is 3.60. The molecule has 0 fully saturated rings. The second kappa shape index (κ2) is 12.6. The smallest absolute Gasteiger partial charge is 0.255 e. The molecule has 10 heteroatoms. The Balaban J connectivity index is 1.49. The topological polar surface area (TPSA) is 83.8 Å². The molecule has 1 heterocycles.